The molecule has 4 nitrogen and oxygen atoms in total. The summed E-state index contributed by atoms with van der Waals surface area (Å²) >= 11 is 0. The molecule has 2 N–H and O–H groups in total. The van der Waals surface area contributed by atoms with E-state index in [0.717, 1.165) is 25.8 Å². The van der Waals surface area contributed by atoms with E-state index in [-0.39, 0.29) is 0 Å². The number of nitrogens with zero attached hydrogens (tertiary/aromatic N) is 1. The molecule has 0 spiro atoms. The number of aliphatic hydroxyl groups excluding tert-OH is 1. The smallest absolute Gasteiger partial charge is 0.303 e. The molecule has 0 radical (unpaired) electrons. The number of aliphatic hydroxyl groups is 1. The van der Waals surface area contributed by atoms with Crippen LogP contribution in [0.3, 0.4) is 0 Å². The average Bonchev–Trinajstić information content (AvgIpc) is 3.16. The lowest BCUT2D eigenvalue weighted by Crippen LogP contribution is -2.22. The van der Waals surface area contributed by atoms with Crippen LogP contribution in [0.4, 0.5) is 0 Å². The van der Waals surface area contributed by atoms with Gasteiger partial charge in [0.05, 0.1) is 0 Å². The number of carboxylic acids is 1. The molecule has 0 unspecified atom stereocenters. The molecule has 4 heteroatoms. The van der Waals surface area contributed by atoms with Gasteiger partial charge in [-0.1, -0.05) is 178 Å². The van der Waals surface area contributed by atoms with Gasteiger partial charge < -0.3 is 15.1 Å². The predicted molar refractivity (Wildman–Crippen MR) is 232 cm³/mol. The summed E-state index contributed by atoms with van der Waals surface area (Å²) in [5, 5.41) is 18.1. The average molecular weight is 736 g/mol. The molecule has 0 amide bonds. The highest BCUT2D eigenvalue weighted by Gasteiger charge is 2.30. The molecular formula is C48H97NO3. The summed E-state index contributed by atoms with van der Waals surface area (Å²) < 4.78 is 0. The summed E-state index contributed by atoms with van der Waals surface area (Å²) in [5.74, 6) is -0.635. The van der Waals surface area contributed by atoms with Crippen molar-refractivity contribution in [2.24, 2.45) is 16.2 Å². The topological polar surface area (TPSA) is 61.9 Å². The van der Waals surface area contributed by atoms with Crippen LogP contribution in [0.15, 0.2) is 0 Å². The molecule has 0 aromatic carbocycles. The van der Waals surface area contributed by atoms with E-state index < -0.39 is 5.97 Å². The van der Waals surface area contributed by atoms with Gasteiger partial charge in [0.1, 0.15) is 0 Å². The minimum absolute atomic E-state index is 0.306. The lowest BCUT2D eigenvalue weighted by Gasteiger charge is -2.34. The Hall–Kier alpha value is -1.08. The fraction of sp³-hybridized carbons (Fsp3) is 0.958. The van der Waals surface area contributed by atoms with Crippen molar-refractivity contribution in [1.29, 1.82) is 0 Å². The summed E-state index contributed by atoms with van der Waals surface area (Å²) in [6.45, 7) is 28.5. The van der Waals surface area contributed by atoms with Gasteiger partial charge in [0.25, 0.3) is 0 Å². The fourth-order valence-electron chi connectivity index (χ4n) is 8.34. The lowest BCUT2D eigenvalue weighted by atomic mass is 9.71. The fourth-order valence-corrected chi connectivity index (χ4v) is 8.34. The SMILES string of the molecule is CCCCC(CCCC)(CCCC)CCC(=O)O.CCCCC(CCCC)(CCCC)CCCO.[C-]#[N+]CCC(CCCC)(CCCC)CCCC. The summed E-state index contributed by atoms with van der Waals surface area (Å²) in [4.78, 5) is 14.5. The van der Waals surface area contributed by atoms with Gasteiger partial charge in [0, 0.05) is 19.4 Å². The van der Waals surface area contributed by atoms with Crippen LogP contribution >= 0.6 is 0 Å². The molecule has 0 aliphatic carbocycles. The second-order valence-electron chi connectivity index (χ2n) is 16.8. The first kappa shape index (κ1) is 55.3. The summed E-state index contributed by atoms with van der Waals surface area (Å²) in [6, 6.07) is 0. The van der Waals surface area contributed by atoms with Crippen LogP contribution in [0.25, 0.3) is 4.85 Å². The van der Waals surface area contributed by atoms with Gasteiger partial charge in [-0.05, 0) is 93.3 Å². The molecule has 0 aliphatic heterocycles. The van der Waals surface area contributed by atoms with E-state index >= 15 is 0 Å². The molecule has 0 saturated heterocycles. The number of hydrogen-bond acceptors (Lipinski definition) is 2. The lowest BCUT2D eigenvalue weighted by molar-refractivity contribution is -0.137. The van der Waals surface area contributed by atoms with Gasteiger partial charge in [-0.2, -0.15) is 0 Å². The third-order valence-corrected chi connectivity index (χ3v) is 12.0. The zero-order valence-corrected chi connectivity index (χ0v) is 37.3. The maximum absolute atomic E-state index is 10.9. The predicted octanol–water partition coefficient (Wildman–Crippen LogP) is 16.6. The first-order valence-electron chi connectivity index (χ1n) is 23.2. The third-order valence-electron chi connectivity index (χ3n) is 12.0. The van der Waals surface area contributed by atoms with Crippen LogP contribution in [-0.4, -0.2) is 29.3 Å². The number of rotatable bonds is 35. The second kappa shape index (κ2) is 39.6. The molecule has 0 atom stereocenters. The number of carbonyl (C=O) groups is 1. The molecule has 0 rings (SSSR count). The van der Waals surface area contributed by atoms with Crippen LogP contribution in [0.5, 0.6) is 0 Å². The third kappa shape index (κ3) is 31.3. The highest BCUT2D eigenvalue weighted by molar-refractivity contribution is 5.66. The first-order valence-corrected chi connectivity index (χ1v) is 23.2. The van der Waals surface area contributed by atoms with E-state index in [9.17, 15) is 4.79 Å². The van der Waals surface area contributed by atoms with Gasteiger partial charge in [-0.3, -0.25) is 4.79 Å². The van der Waals surface area contributed by atoms with Gasteiger partial charge in [-0.25, -0.2) is 6.57 Å². The Morgan fingerprint density at radius 3 is 0.865 bits per heavy atom. The summed E-state index contributed by atoms with van der Waals surface area (Å²) in [5.41, 5.74) is 1.34. The number of carboxylic acid groups (broad SMARTS) is 1. The van der Waals surface area contributed by atoms with E-state index in [0.29, 0.717) is 29.3 Å². The Kier molecular flexibility index (Phi) is 42.1. The Labute approximate surface area is 328 Å². The molecule has 0 saturated carbocycles. The molecule has 0 fully saturated rings. The van der Waals surface area contributed by atoms with Crippen molar-refractivity contribution in [3.8, 4) is 0 Å². The van der Waals surface area contributed by atoms with Crippen molar-refractivity contribution in [1.82, 2.24) is 0 Å². The van der Waals surface area contributed by atoms with Crippen LogP contribution in [-0.2, 0) is 4.79 Å². The van der Waals surface area contributed by atoms with Crippen molar-refractivity contribution in [3.05, 3.63) is 11.4 Å². The number of aliphatic carboxylic acids is 1. The highest BCUT2D eigenvalue weighted by Crippen LogP contribution is 2.42. The van der Waals surface area contributed by atoms with E-state index in [4.69, 9.17) is 16.8 Å². The van der Waals surface area contributed by atoms with Gasteiger partial charge in [0.2, 0.25) is 6.54 Å². The van der Waals surface area contributed by atoms with Crippen molar-refractivity contribution in [2.75, 3.05) is 13.2 Å². The number of unbranched alkanes of at least 4 members (excludes halogenated alkanes) is 9. The standard InChI is InChI=1S/C16H31N.C16H32O2.C16H34O/c1-5-8-11-16(12-9-6-2,13-10-7-3)14-15-17-4;1-4-7-11-16(12-8-5-2,13-9-6-3)14-10-15(17)18;1-4-7-11-16(12-8-5-2,13-9-6-3)14-10-15-17/h5-15H2,1-3H3;4-14H2,1-3H3,(H,17,18);17H,4-15H2,1-3H3. The van der Waals surface area contributed by atoms with Gasteiger partial charge in [0.15, 0.2) is 0 Å². The van der Waals surface area contributed by atoms with Crippen LogP contribution in [0, 0.1) is 22.8 Å². The van der Waals surface area contributed by atoms with Crippen LogP contribution in [0.1, 0.15) is 268 Å². The molecule has 0 bridgehead atoms. The molecule has 52 heavy (non-hydrogen) atoms. The Balaban J connectivity index is -0.000000693. The van der Waals surface area contributed by atoms with E-state index in [1.807, 2.05) is 0 Å². The maximum Gasteiger partial charge on any atom is 0.303 e. The van der Waals surface area contributed by atoms with Crippen molar-refractivity contribution >= 4 is 5.97 Å². The molecule has 0 aliphatic rings. The normalized spacial score (nSPS) is 11.7. The molecule has 312 valence electrons. The summed E-state index contributed by atoms with van der Waals surface area (Å²) in [6.07, 6.45) is 39.7. The minimum atomic E-state index is -0.635. The van der Waals surface area contributed by atoms with Gasteiger partial charge in [-0.15, -0.1) is 0 Å². The largest absolute Gasteiger partial charge is 0.481 e. The maximum atomic E-state index is 10.9. The van der Waals surface area contributed by atoms with E-state index in [1.54, 1.807) is 0 Å². The van der Waals surface area contributed by atoms with Crippen LogP contribution < -0.4 is 0 Å². The second-order valence-corrected chi connectivity index (χ2v) is 16.8. The van der Waals surface area contributed by atoms with E-state index in [2.05, 4.69) is 67.2 Å². The molecular weight excluding hydrogens is 639 g/mol. The summed E-state index contributed by atoms with van der Waals surface area (Å²) in [7, 11) is 0. The monoisotopic (exact) mass is 736 g/mol. The zero-order chi connectivity index (χ0) is 39.8. The first-order chi connectivity index (χ1) is 25.1. The number of hydrogen-bond donors (Lipinski definition) is 2. The van der Waals surface area contributed by atoms with Crippen molar-refractivity contribution in [2.45, 2.75) is 268 Å². The molecule has 0 heterocycles. The zero-order valence-electron chi connectivity index (χ0n) is 37.3. The van der Waals surface area contributed by atoms with Crippen molar-refractivity contribution < 1.29 is 15.0 Å². The quantitative estimate of drug-likeness (QED) is 0.0637. The Morgan fingerprint density at radius 1 is 0.423 bits per heavy atom. The van der Waals surface area contributed by atoms with Crippen LogP contribution in [0.2, 0.25) is 0 Å². The van der Waals surface area contributed by atoms with E-state index in [1.165, 1.54) is 180 Å². The minimum Gasteiger partial charge on any atom is -0.481 e. The highest BCUT2D eigenvalue weighted by atomic mass is 16.4. The van der Waals surface area contributed by atoms with Crippen molar-refractivity contribution in [3.63, 3.8) is 0 Å². The Bertz CT molecular complexity index is 691. The molecule has 0 aromatic heterocycles. The Morgan fingerprint density at radius 2 is 0.654 bits per heavy atom. The van der Waals surface area contributed by atoms with Gasteiger partial charge >= 0.3 is 5.97 Å². The molecule has 0 aromatic rings.